The first-order valence-electron chi connectivity index (χ1n) is 6.27. The van der Waals surface area contributed by atoms with Gasteiger partial charge in [-0.3, -0.25) is 14.9 Å². The normalized spacial score (nSPS) is 10.3. The van der Waals surface area contributed by atoms with Crippen LogP contribution in [0.3, 0.4) is 0 Å². The van der Waals surface area contributed by atoms with E-state index in [0.29, 0.717) is 16.7 Å². The molecule has 0 radical (unpaired) electrons. The van der Waals surface area contributed by atoms with E-state index in [1.807, 2.05) is 26.0 Å². The molecule has 0 aliphatic heterocycles. The first kappa shape index (κ1) is 13.9. The van der Waals surface area contributed by atoms with Crippen LogP contribution in [0.2, 0.25) is 0 Å². The average molecular weight is 269 g/mol. The fourth-order valence-electron chi connectivity index (χ4n) is 2.05. The number of nitro groups is 1. The molecule has 0 saturated heterocycles. The first-order valence-corrected chi connectivity index (χ1v) is 6.27. The summed E-state index contributed by atoms with van der Waals surface area (Å²) in [6.45, 7) is 5.57. The zero-order valence-electron chi connectivity index (χ0n) is 11.6. The number of rotatable bonds is 3. The molecule has 0 bridgehead atoms. The van der Waals surface area contributed by atoms with Crippen LogP contribution in [-0.4, -0.2) is 10.7 Å². The lowest BCUT2D eigenvalue weighted by Gasteiger charge is -2.06. The van der Waals surface area contributed by atoms with E-state index < -0.39 is 4.92 Å². The van der Waals surface area contributed by atoms with Crippen LogP contribution >= 0.6 is 0 Å². The van der Waals surface area contributed by atoms with Gasteiger partial charge in [-0.1, -0.05) is 12.1 Å². The molecule has 0 aliphatic carbocycles. The topological polar surface area (TPSA) is 60.2 Å². The Kier molecular flexibility index (Phi) is 3.66. The lowest BCUT2D eigenvalue weighted by Crippen LogP contribution is -2.03. The molecule has 4 heteroatoms. The quantitative estimate of drug-likeness (QED) is 0.484. The summed E-state index contributed by atoms with van der Waals surface area (Å²) in [5, 5.41) is 10.8. The van der Waals surface area contributed by atoms with Crippen LogP contribution in [0.5, 0.6) is 0 Å². The lowest BCUT2D eigenvalue weighted by atomic mass is 9.98. The molecule has 0 heterocycles. The Bertz CT molecular complexity index is 705. The van der Waals surface area contributed by atoms with Gasteiger partial charge in [0.1, 0.15) is 0 Å². The van der Waals surface area contributed by atoms with Crippen LogP contribution < -0.4 is 0 Å². The van der Waals surface area contributed by atoms with Gasteiger partial charge < -0.3 is 0 Å². The van der Waals surface area contributed by atoms with E-state index in [0.717, 1.165) is 11.1 Å². The predicted octanol–water partition coefficient (Wildman–Crippen LogP) is 3.75. The number of benzene rings is 2. The van der Waals surface area contributed by atoms with Crippen molar-refractivity contribution in [3.05, 3.63) is 74.3 Å². The smallest absolute Gasteiger partial charge is 0.272 e. The molecule has 2 aromatic rings. The van der Waals surface area contributed by atoms with E-state index >= 15 is 0 Å². The Morgan fingerprint density at radius 1 is 0.900 bits per heavy atom. The van der Waals surface area contributed by atoms with Crippen molar-refractivity contribution in [2.24, 2.45) is 0 Å². The Balaban J connectivity index is 2.41. The monoisotopic (exact) mass is 269 g/mol. The number of hydrogen-bond acceptors (Lipinski definition) is 3. The summed E-state index contributed by atoms with van der Waals surface area (Å²) in [5.41, 5.74) is 3.76. The van der Waals surface area contributed by atoms with Crippen LogP contribution in [0.4, 0.5) is 5.69 Å². The van der Waals surface area contributed by atoms with Gasteiger partial charge in [0.15, 0.2) is 5.78 Å². The van der Waals surface area contributed by atoms with Gasteiger partial charge in [-0.2, -0.15) is 0 Å². The standard InChI is InChI=1S/C16H15NO3/c1-10-4-5-13(8-11(10)2)16(18)14-6-7-15(17(19)20)12(3)9-14/h4-9H,1-3H3. The number of carbonyl (C=O) groups excluding carboxylic acids is 1. The zero-order chi connectivity index (χ0) is 14.9. The Morgan fingerprint density at radius 2 is 1.45 bits per heavy atom. The Hall–Kier alpha value is -2.49. The van der Waals surface area contributed by atoms with Crippen molar-refractivity contribution in [2.75, 3.05) is 0 Å². The molecule has 4 nitrogen and oxygen atoms in total. The first-order chi connectivity index (χ1) is 9.40. The summed E-state index contributed by atoms with van der Waals surface area (Å²) in [7, 11) is 0. The van der Waals surface area contributed by atoms with E-state index in [1.165, 1.54) is 12.1 Å². The van der Waals surface area contributed by atoms with Gasteiger partial charge in [0, 0.05) is 22.8 Å². The average Bonchev–Trinajstić information content (AvgIpc) is 2.40. The molecular formula is C16H15NO3. The minimum atomic E-state index is -0.445. The minimum Gasteiger partial charge on any atom is -0.289 e. The highest BCUT2D eigenvalue weighted by molar-refractivity contribution is 6.09. The fourth-order valence-corrected chi connectivity index (χ4v) is 2.05. The summed E-state index contributed by atoms with van der Waals surface area (Å²) in [6.07, 6.45) is 0. The molecule has 0 atom stereocenters. The minimum absolute atomic E-state index is 0.0293. The van der Waals surface area contributed by atoms with Crippen molar-refractivity contribution in [3.8, 4) is 0 Å². The maximum atomic E-state index is 12.4. The highest BCUT2D eigenvalue weighted by Crippen LogP contribution is 2.21. The van der Waals surface area contributed by atoms with Crippen molar-refractivity contribution in [1.29, 1.82) is 0 Å². The maximum absolute atomic E-state index is 12.4. The van der Waals surface area contributed by atoms with E-state index in [1.54, 1.807) is 19.1 Å². The molecule has 0 spiro atoms. The number of ketones is 1. The lowest BCUT2D eigenvalue weighted by molar-refractivity contribution is -0.385. The van der Waals surface area contributed by atoms with Gasteiger partial charge in [-0.15, -0.1) is 0 Å². The Labute approximate surface area is 117 Å². The molecular weight excluding hydrogens is 254 g/mol. The summed E-state index contributed by atoms with van der Waals surface area (Å²) in [6, 6.07) is 9.97. The van der Waals surface area contributed by atoms with Crippen molar-refractivity contribution in [2.45, 2.75) is 20.8 Å². The van der Waals surface area contributed by atoms with Crippen LogP contribution in [0.15, 0.2) is 36.4 Å². The SMILES string of the molecule is Cc1ccc(C(=O)c2ccc([N+](=O)[O-])c(C)c2)cc1C. The zero-order valence-corrected chi connectivity index (χ0v) is 11.6. The van der Waals surface area contributed by atoms with Gasteiger partial charge in [0.25, 0.3) is 5.69 Å². The van der Waals surface area contributed by atoms with Gasteiger partial charge in [-0.05, 0) is 50.1 Å². The number of aryl methyl sites for hydroxylation is 3. The van der Waals surface area contributed by atoms with Crippen molar-refractivity contribution >= 4 is 11.5 Å². The third kappa shape index (κ3) is 2.59. The molecule has 0 saturated carbocycles. The number of nitrogens with zero attached hydrogens (tertiary/aromatic N) is 1. The number of nitro benzene ring substituents is 1. The summed E-state index contributed by atoms with van der Waals surface area (Å²) >= 11 is 0. The van der Waals surface area contributed by atoms with E-state index in [2.05, 4.69) is 0 Å². The molecule has 0 unspecified atom stereocenters. The molecule has 2 aromatic carbocycles. The fraction of sp³-hybridized carbons (Fsp3) is 0.188. The van der Waals surface area contributed by atoms with Crippen LogP contribution in [0.1, 0.15) is 32.6 Å². The molecule has 0 aliphatic rings. The van der Waals surface area contributed by atoms with Gasteiger partial charge >= 0.3 is 0 Å². The van der Waals surface area contributed by atoms with Crippen molar-refractivity contribution in [3.63, 3.8) is 0 Å². The molecule has 0 N–H and O–H groups in total. The molecule has 0 amide bonds. The van der Waals surface area contributed by atoms with Gasteiger partial charge in [0.05, 0.1) is 4.92 Å². The molecule has 102 valence electrons. The van der Waals surface area contributed by atoms with Gasteiger partial charge in [0.2, 0.25) is 0 Å². The number of carbonyl (C=O) groups is 1. The molecule has 0 fully saturated rings. The summed E-state index contributed by atoms with van der Waals surface area (Å²) in [5.74, 6) is -0.119. The summed E-state index contributed by atoms with van der Waals surface area (Å²) < 4.78 is 0. The van der Waals surface area contributed by atoms with E-state index in [4.69, 9.17) is 0 Å². The highest BCUT2D eigenvalue weighted by atomic mass is 16.6. The van der Waals surface area contributed by atoms with Crippen LogP contribution in [-0.2, 0) is 0 Å². The van der Waals surface area contributed by atoms with Crippen LogP contribution in [0, 0.1) is 30.9 Å². The van der Waals surface area contributed by atoms with Crippen LogP contribution in [0.25, 0.3) is 0 Å². The number of hydrogen-bond donors (Lipinski definition) is 0. The van der Waals surface area contributed by atoms with E-state index in [9.17, 15) is 14.9 Å². The third-order valence-electron chi connectivity index (χ3n) is 3.42. The third-order valence-corrected chi connectivity index (χ3v) is 3.42. The van der Waals surface area contributed by atoms with Crippen molar-refractivity contribution < 1.29 is 9.72 Å². The molecule has 2 rings (SSSR count). The second-order valence-corrected chi connectivity index (χ2v) is 4.89. The maximum Gasteiger partial charge on any atom is 0.272 e. The second-order valence-electron chi connectivity index (χ2n) is 4.89. The second kappa shape index (κ2) is 5.25. The summed E-state index contributed by atoms with van der Waals surface area (Å²) in [4.78, 5) is 22.7. The Morgan fingerprint density at radius 3 is 1.95 bits per heavy atom. The highest BCUT2D eigenvalue weighted by Gasteiger charge is 2.15. The molecule has 0 aromatic heterocycles. The van der Waals surface area contributed by atoms with Gasteiger partial charge in [-0.25, -0.2) is 0 Å². The molecule has 20 heavy (non-hydrogen) atoms. The van der Waals surface area contributed by atoms with E-state index in [-0.39, 0.29) is 11.5 Å². The predicted molar refractivity (Wildman–Crippen MR) is 77.2 cm³/mol. The van der Waals surface area contributed by atoms with Crippen molar-refractivity contribution in [1.82, 2.24) is 0 Å². The largest absolute Gasteiger partial charge is 0.289 e.